The highest BCUT2D eigenvalue weighted by Gasteiger charge is 2.17. The van der Waals surface area contributed by atoms with Crippen LogP contribution in [0.25, 0.3) is 10.2 Å². The fourth-order valence-corrected chi connectivity index (χ4v) is 3.70. The number of nitrogens with zero attached hydrogens (tertiary/aromatic N) is 2. The highest BCUT2D eigenvalue weighted by atomic mass is 32.1. The zero-order chi connectivity index (χ0) is 16.0. The highest BCUT2D eigenvalue weighted by Crippen LogP contribution is 2.37. The van der Waals surface area contributed by atoms with Gasteiger partial charge in [-0.3, -0.25) is 0 Å². The van der Waals surface area contributed by atoms with Crippen molar-refractivity contribution in [1.82, 2.24) is 9.97 Å². The molecule has 0 atom stereocenters. The van der Waals surface area contributed by atoms with E-state index in [1.807, 2.05) is 18.2 Å². The Labute approximate surface area is 138 Å². The van der Waals surface area contributed by atoms with E-state index in [1.54, 1.807) is 11.3 Å². The van der Waals surface area contributed by atoms with Gasteiger partial charge in [-0.1, -0.05) is 6.92 Å². The van der Waals surface area contributed by atoms with Gasteiger partial charge in [-0.25, -0.2) is 9.97 Å². The summed E-state index contributed by atoms with van der Waals surface area (Å²) in [6, 6.07) is 5.83. The first-order valence-electron chi connectivity index (χ1n) is 7.59. The summed E-state index contributed by atoms with van der Waals surface area (Å²) in [5.41, 5.74) is 2.16. The quantitative estimate of drug-likeness (QED) is 0.775. The van der Waals surface area contributed by atoms with Gasteiger partial charge in [-0.15, -0.1) is 11.3 Å². The van der Waals surface area contributed by atoms with E-state index in [2.05, 4.69) is 31.1 Å². The molecule has 1 aliphatic heterocycles. The zero-order valence-corrected chi connectivity index (χ0v) is 14.1. The number of ether oxygens (including phenoxy) is 2. The lowest BCUT2D eigenvalue weighted by molar-refractivity contribution is 0.174. The number of anilines is 2. The minimum Gasteiger partial charge on any atom is -0.454 e. The van der Waals surface area contributed by atoms with E-state index in [0.29, 0.717) is 0 Å². The molecule has 0 amide bonds. The predicted octanol–water partition coefficient (Wildman–Crippen LogP) is 4.34. The van der Waals surface area contributed by atoms with Gasteiger partial charge in [0, 0.05) is 23.1 Å². The molecule has 0 spiro atoms. The Morgan fingerprint density at radius 1 is 1.17 bits per heavy atom. The maximum Gasteiger partial charge on any atom is 0.231 e. The fraction of sp³-hybridized carbons (Fsp3) is 0.294. The van der Waals surface area contributed by atoms with Gasteiger partial charge in [0.2, 0.25) is 6.79 Å². The van der Waals surface area contributed by atoms with Crippen LogP contribution in [0.4, 0.5) is 11.5 Å². The monoisotopic (exact) mass is 327 g/mol. The van der Waals surface area contributed by atoms with Gasteiger partial charge in [0.1, 0.15) is 16.5 Å². The molecular formula is C17H17N3O2S. The second-order valence-electron chi connectivity index (χ2n) is 5.50. The van der Waals surface area contributed by atoms with Crippen molar-refractivity contribution in [3.63, 3.8) is 0 Å². The highest BCUT2D eigenvalue weighted by molar-refractivity contribution is 7.18. The normalized spacial score (nSPS) is 12.8. The first kappa shape index (κ1) is 14.3. The topological polar surface area (TPSA) is 56.3 Å². The third-order valence-electron chi connectivity index (χ3n) is 4.03. The molecule has 0 bridgehead atoms. The summed E-state index contributed by atoms with van der Waals surface area (Å²) in [6.45, 7) is 6.59. The number of hydrogen-bond donors (Lipinski definition) is 1. The largest absolute Gasteiger partial charge is 0.454 e. The first-order valence-corrected chi connectivity index (χ1v) is 8.40. The average molecular weight is 327 g/mol. The van der Waals surface area contributed by atoms with Crippen LogP contribution in [-0.2, 0) is 6.42 Å². The summed E-state index contributed by atoms with van der Waals surface area (Å²) >= 11 is 1.72. The summed E-state index contributed by atoms with van der Waals surface area (Å²) in [4.78, 5) is 11.7. The van der Waals surface area contributed by atoms with Crippen molar-refractivity contribution in [2.24, 2.45) is 0 Å². The third kappa shape index (κ3) is 2.39. The third-order valence-corrected chi connectivity index (χ3v) is 5.13. The van der Waals surface area contributed by atoms with Crippen LogP contribution in [0.1, 0.15) is 23.2 Å². The van der Waals surface area contributed by atoms with Crippen LogP contribution < -0.4 is 14.8 Å². The molecule has 2 aromatic heterocycles. The second-order valence-corrected chi connectivity index (χ2v) is 6.70. The number of aryl methyl sites for hydroxylation is 3. The Kier molecular flexibility index (Phi) is 3.34. The van der Waals surface area contributed by atoms with Crippen LogP contribution in [0.15, 0.2) is 18.2 Å². The van der Waals surface area contributed by atoms with E-state index in [1.165, 1.54) is 10.4 Å². The van der Waals surface area contributed by atoms with Crippen molar-refractivity contribution in [3.05, 3.63) is 34.5 Å². The molecule has 0 unspecified atom stereocenters. The van der Waals surface area contributed by atoms with E-state index in [9.17, 15) is 0 Å². The molecule has 6 heteroatoms. The van der Waals surface area contributed by atoms with Crippen LogP contribution in [0.5, 0.6) is 11.5 Å². The van der Waals surface area contributed by atoms with Crippen molar-refractivity contribution < 1.29 is 9.47 Å². The molecule has 0 saturated heterocycles. The second kappa shape index (κ2) is 5.38. The van der Waals surface area contributed by atoms with Gasteiger partial charge in [-0.05, 0) is 31.5 Å². The molecule has 1 aliphatic rings. The minimum atomic E-state index is 0.277. The van der Waals surface area contributed by atoms with E-state index in [0.717, 1.165) is 45.5 Å². The van der Waals surface area contributed by atoms with Gasteiger partial charge in [0.15, 0.2) is 11.5 Å². The number of nitrogens with one attached hydrogen (secondary N) is 1. The van der Waals surface area contributed by atoms with Crippen molar-refractivity contribution in [3.8, 4) is 11.5 Å². The molecule has 5 nitrogen and oxygen atoms in total. The van der Waals surface area contributed by atoms with Gasteiger partial charge in [0.25, 0.3) is 0 Å². The smallest absolute Gasteiger partial charge is 0.231 e. The lowest BCUT2D eigenvalue weighted by atomic mass is 10.2. The summed E-state index contributed by atoms with van der Waals surface area (Å²) in [5.74, 6) is 3.24. The number of benzene rings is 1. The fourth-order valence-electron chi connectivity index (χ4n) is 2.65. The van der Waals surface area contributed by atoms with E-state index >= 15 is 0 Å². The van der Waals surface area contributed by atoms with Crippen LogP contribution in [0, 0.1) is 13.8 Å². The molecule has 0 fully saturated rings. The lowest BCUT2D eigenvalue weighted by Gasteiger charge is -2.10. The summed E-state index contributed by atoms with van der Waals surface area (Å²) < 4.78 is 10.8. The van der Waals surface area contributed by atoms with Crippen LogP contribution >= 0.6 is 11.3 Å². The first-order chi connectivity index (χ1) is 11.2. The van der Waals surface area contributed by atoms with Crippen LogP contribution in [0.3, 0.4) is 0 Å². The summed E-state index contributed by atoms with van der Waals surface area (Å²) in [7, 11) is 0. The van der Waals surface area contributed by atoms with Crippen molar-refractivity contribution in [2.75, 3.05) is 12.1 Å². The lowest BCUT2D eigenvalue weighted by Crippen LogP contribution is -2.00. The van der Waals surface area contributed by atoms with Crippen molar-refractivity contribution in [1.29, 1.82) is 0 Å². The van der Waals surface area contributed by atoms with Gasteiger partial charge in [0.05, 0.1) is 5.39 Å². The molecule has 3 heterocycles. The Morgan fingerprint density at radius 3 is 2.83 bits per heavy atom. The van der Waals surface area contributed by atoms with Gasteiger partial charge in [-0.2, -0.15) is 0 Å². The Balaban J connectivity index is 1.81. The molecule has 118 valence electrons. The Hall–Kier alpha value is -2.34. The predicted molar refractivity (Wildman–Crippen MR) is 92.1 cm³/mol. The maximum absolute atomic E-state index is 5.44. The maximum atomic E-state index is 5.44. The molecule has 23 heavy (non-hydrogen) atoms. The number of aromatic nitrogens is 2. The summed E-state index contributed by atoms with van der Waals surface area (Å²) in [6.07, 6.45) is 0.807. The standard InChI is InChI=1S/C17H17N3O2S/c1-4-14-19-16(15-9(2)10(3)23-17(15)20-14)18-11-5-6-12-13(7-11)22-8-21-12/h5-7H,4,8H2,1-3H3,(H,18,19,20). The molecule has 3 aromatic rings. The van der Waals surface area contributed by atoms with Gasteiger partial charge >= 0.3 is 0 Å². The van der Waals surface area contributed by atoms with Crippen molar-refractivity contribution in [2.45, 2.75) is 27.2 Å². The molecule has 0 saturated carbocycles. The van der Waals surface area contributed by atoms with E-state index in [4.69, 9.17) is 14.5 Å². The SMILES string of the molecule is CCc1nc(Nc2ccc3c(c2)OCO3)c2c(C)c(C)sc2n1. The number of fused-ring (bicyclic) bond motifs is 2. The molecule has 0 aliphatic carbocycles. The van der Waals surface area contributed by atoms with Crippen LogP contribution in [-0.4, -0.2) is 16.8 Å². The molecular weight excluding hydrogens is 310 g/mol. The molecule has 4 rings (SSSR count). The molecule has 1 N–H and O–H groups in total. The Morgan fingerprint density at radius 2 is 2.00 bits per heavy atom. The summed E-state index contributed by atoms with van der Waals surface area (Å²) in [5, 5.41) is 4.52. The average Bonchev–Trinajstić information content (AvgIpc) is 3.12. The zero-order valence-electron chi connectivity index (χ0n) is 13.3. The number of rotatable bonds is 3. The molecule has 0 radical (unpaired) electrons. The minimum absolute atomic E-state index is 0.277. The van der Waals surface area contributed by atoms with Crippen LogP contribution in [0.2, 0.25) is 0 Å². The molecule has 1 aromatic carbocycles. The van der Waals surface area contributed by atoms with E-state index in [-0.39, 0.29) is 6.79 Å². The number of thiophene rings is 1. The van der Waals surface area contributed by atoms with E-state index < -0.39 is 0 Å². The van der Waals surface area contributed by atoms with Crippen molar-refractivity contribution >= 4 is 33.1 Å². The number of hydrogen-bond acceptors (Lipinski definition) is 6. The van der Waals surface area contributed by atoms with Gasteiger partial charge < -0.3 is 14.8 Å². The Bertz CT molecular complexity index is 904.